The van der Waals surface area contributed by atoms with Crippen LogP contribution in [0.25, 0.3) is 0 Å². The van der Waals surface area contributed by atoms with Crippen LogP contribution in [0, 0.1) is 11.8 Å². The van der Waals surface area contributed by atoms with Crippen molar-refractivity contribution in [3.8, 4) is 11.5 Å². The molecule has 4 heterocycles. The summed E-state index contributed by atoms with van der Waals surface area (Å²) >= 11 is 0. The Labute approximate surface area is 271 Å². The monoisotopic (exact) mass is 630 g/mol. The van der Waals surface area contributed by atoms with Gasteiger partial charge in [-0.2, -0.15) is 0 Å². The molecule has 1 aromatic carbocycles. The van der Waals surface area contributed by atoms with Gasteiger partial charge in [0.05, 0.1) is 18.4 Å². The Morgan fingerprint density at radius 3 is 1.98 bits per heavy atom. The topological polar surface area (TPSA) is 126 Å². The number of rotatable bonds is 14. The van der Waals surface area contributed by atoms with E-state index in [-0.39, 0.29) is 32.0 Å². The molecule has 10 heteroatoms. The molecule has 3 N–H and O–H groups in total. The van der Waals surface area contributed by atoms with E-state index in [4.69, 9.17) is 24.4 Å². The number of hydrogen-bond donors (Lipinski definition) is 3. The van der Waals surface area contributed by atoms with Crippen molar-refractivity contribution >= 4 is 6.09 Å². The Bertz CT molecular complexity index is 1410. The number of amides is 1. The van der Waals surface area contributed by atoms with Crippen molar-refractivity contribution in [1.82, 2.24) is 20.2 Å². The molecular formula is C36H46N4O6. The zero-order chi connectivity index (χ0) is 31.7. The van der Waals surface area contributed by atoms with Crippen molar-refractivity contribution in [2.45, 2.75) is 69.1 Å². The van der Waals surface area contributed by atoms with Gasteiger partial charge in [0.15, 0.2) is 0 Å². The number of hydrogen-bond acceptors (Lipinski definition) is 9. The van der Waals surface area contributed by atoms with Crippen LogP contribution < -0.4 is 14.8 Å². The number of benzene rings is 1. The van der Waals surface area contributed by atoms with Crippen LogP contribution >= 0.6 is 0 Å². The lowest BCUT2D eigenvalue weighted by Gasteiger charge is -2.39. The van der Waals surface area contributed by atoms with Gasteiger partial charge in [0, 0.05) is 38.2 Å². The molecule has 2 aliphatic heterocycles. The van der Waals surface area contributed by atoms with Crippen molar-refractivity contribution < 1.29 is 29.2 Å². The zero-order valence-electron chi connectivity index (χ0n) is 26.4. The number of carbonyl (C=O) groups is 1. The molecule has 4 fully saturated rings. The maximum absolute atomic E-state index is 12.3. The number of aliphatic hydroxyl groups is 2. The van der Waals surface area contributed by atoms with Gasteiger partial charge >= 0.3 is 6.09 Å². The zero-order valence-corrected chi connectivity index (χ0v) is 26.4. The number of carbonyl (C=O) groups excluding carboxylic acids is 1. The Morgan fingerprint density at radius 2 is 1.46 bits per heavy atom. The minimum atomic E-state index is -0.291. The van der Waals surface area contributed by atoms with Gasteiger partial charge in [-0.15, -0.1) is 0 Å². The van der Waals surface area contributed by atoms with Crippen molar-refractivity contribution in [2.24, 2.45) is 11.8 Å². The van der Waals surface area contributed by atoms with Crippen molar-refractivity contribution in [2.75, 3.05) is 39.5 Å². The second-order valence-electron chi connectivity index (χ2n) is 12.9. The summed E-state index contributed by atoms with van der Waals surface area (Å²) in [6.07, 6.45) is 13.2. The lowest BCUT2D eigenvalue weighted by molar-refractivity contribution is 0.0259. The number of aliphatic hydroxyl groups excluding tert-OH is 2. The highest BCUT2D eigenvalue weighted by Crippen LogP contribution is 2.50. The first-order valence-corrected chi connectivity index (χ1v) is 16.7. The molecule has 46 heavy (non-hydrogen) atoms. The van der Waals surface area contributed by atoms with E-state index >= 15 is 0 Å². The molecule has 6 atom stereocenters. The van der Waals surface area contributed by atoms with Gasteiger partial charge in [0.2, 0.25) is 0 Å². The number of nitrogens with one attached hydrogen (secondary N) is 1. The SMILES string of the molecule is O=C(OCc1ccccc1)N1CC[C@H]1COc1cncc([C@H]2C[C@@H]2CCO)c1.OCC[C@H]1C[C@@H]1c1cncc(OC[C@@H]2CCN2)c1. The minimum absolute atomic E-state index is 0.0370. The van der Waals surface area contributed by atoms with Crippen LogP contribution in [0.15, 0.2) is 67.3 Å². The molecule has 7 rings (SSSR count). The molecule has 4 aliphatic rings. The molecule has 246 valence electrons. The van der Waals surface area contributed by atoms with Crippen LogP contribution in [0.1, 0.15) is 67.1 Å². The normalized spacial score (nSPS) is 25.7. The molecule has 0 radical (unpaired) electrons. The van der Waals surface area contributed by atoms with Crippen molar-refractivity contribution in [1.29, 1.82) is 0 Å². The molecule has 2 aromatic heterocycles. The van der Waals surface area contributed by atoms with E-state index in [0.29, 0.717) is 42.9 Å². The number of nitrogens with zero attached hydrogens (tertiary/aromatic N) is 3. The van der Waals surface area contributed by atoms with Crippen LogP contribution in [-0.4, -0.2) is 82.8 Å². The van der Waals surface area contributed by atoms with Crippen LogP contribution in [0.4, 0.5) is 4.79 Å². The van der Waals surface area contributed by atoms with E-state index in [1.54, 1.807) is 17.3 Å². The van der Waals surface area contributed by atoms with E-state index in [9.17, 15) is 4.79 Å². The predicted octanol–water partition coefficient (Wildman–Crippen LogP) is 4.67. The summed E-state index contributed by atoms with van der Waals surface area (Å²) < 4.78 is 17.1. The summed E-state index contributed by atoms with van der Waals surface area (Å²) in [7, 11) is 0. The molecule has 2 saturated carbocycles. The van der Waals surface area contributed by atoms with Crippen LogP contribution in [0.3, 0.4) is 0 Å². The van der Waals surface area contributed by atoms with Gasteiger partial charge in [-0.1, -0.05) is 30.3 Å². The highest BCUT2D eigenvalue weighted by molar-refractivity contribution is 5.69. The number of pyridine rings is 2. The number of ether oxygens (including phenoxy) is 3. The van der Waals surface area contributed by atoms with E-state index < -0.39 is 0 Å². The predicted molar refractivity (Wildman–Crippen MR) is 173 cm³/mol. The molecule has 0 unspecified atom stereocenters. The summed E-state index contributed by atoms with van der Waals surface area (Å²) in [5, 5.41) is 21.3. The first kappa shape index (κ1) is 32.2. The largest absolute Gasteiger partial charge is 0.490 e. The maximum atomic E-state index is 12.3. The molecule has 2 aliphatic carbocycles. The highest BCUT2D eigenvalue weighted by Gasteiger charge is 2.39. The fraction of sp³-hybridized carbons (Fsp3) is 0.528. The molecule has 3 aromatic rings. The van der Waals surface area contributed by atoms with Crippen molar-refractivity contribution in [3.05, 3.63) is 83.9 Å². The van der Waals surface area contributed by atoms with Crippen LogP contribution in [-0.2, 0) is 11.3 Å². The van der Waals surface area contributed by atoms with Gasteiger partial charge < -0.3 is 34.6 Å². The summed E-state index contributed by atoms with van der Waals surface area (Å²) in [5.41, 5.74) is 3.41. The van der Waals surface area contributed by atoms with Gasteiger partial charge in [0.1, 0.15) is 31.3 Å². The Morgan fingerprint density at radius 1 is 0.848 bits per heavy atom. The van der Waals surface area contributed by atoms with Crippen LogP contribution in [0.2, 0.25) is 0 Å². The average Bonchev–Trinajstić information content (AvgIpc) is 3.97. The van der Waals surface area contributed by atoms with Crippen molar-refractivity contribution in [3.63, 3.8) is 0 Å². The number of likely N-dealkylation sites (tertiary alicyclic amines) is 1. The summed E-state index contributed by atoms with van der Waals surface area (Å²) in [6, 6.07) is 14.4. The molecule has 2 saturated heterocycles. The minimum Gasteiger partial charge on any atom is -0.490 e. The third-order valence-corrected chi connectivity index (χ3v) is 9.57. The Hall–Kier alpha value is -3.73. The molecule has 0 bridgehead atoms. The lowest BCUT2D eigenvalue weighted by atomic mass is 10.1. The van der Waals surface area contributed by atoms with Gasteiger partial charge in [-0.05, 0) is 97.6 Å². The third-order valence-electron chi connectivity index (χ3n) is 9.57. The van der Waals surface area contributed by atoms with E-state index in [1.165, 1.54) is 24.0 Å². The lowest BCUT2D eigenvalue weighted by Crippen LogP contribution is -2.54. The smallest absolute Gasteiger partial charge is 0.410 e. The fourth-order valence-electron chi connectivity index (χ4n) is 6.25. The molecule has 1 amide bonds. The van der Waals surface area contributed by atoms with E-state index in [0.717, 1.165) is 55.9 Å². The molecule has 0 spiro atoms. The quantitative estimate of drug-likeness (QED) is 0.233. The summed E-state index contributed by atoms with van der Waals surface area (Å²) in [5.74, 6) is 3.86. The first-order chi connectivity index (χ1) is 22.6. The van der Waals surface area contributed by atoms with Crippen LogP contribution in [0.5, 0.6) is 11.5 Å². The van der Waals surface area contributed by atoms with E-state index in [1.807, 2.05) is 48.8 Å². The first-order valence-electron chi connectivity index (χ1n) is 16.7. The molecule has 10 nitrogen and oxygen atoms in total. The highest BCUT2D eigenvalue weighted by atomic mass is 16.6. The maximum Gasteiger partial charge on any atom is 0.410 e. The Balaban J connectivity index is 0.000000178. The van der Waals surface area contributed by atoms with E-state index in [2.05, 4.69) is 21.4 Å². The van der Waals surface area contributed by atoms with Gasteiger partial charge in [0.25, 0.3) is 0 Å². The number of aromatic nitrogens is 2. The summed E-state index contributed by atoms with van der Waals surface area (Å²) in [6.45, 7) is 3.79. The Kier molecular flexibility index (Phi) is 11.0. The standard InChI is InChI=1S/C22H26N2O4.C14H20N2O2/c25-9-7-17-11-21(17)18-10-20(13-23-12-18)27-15-19-6-8-24(19)22(26)28-14-16-4-2-1-3-5-16;17-4-2-10-6-14(10)11-5-13(8-15-7-11)18-9-12-1-3-16-12/h1-5,10,12-13,17,19,21,25H,6-9,11,14-15H2;5,7-8,10,12,14,16-17H,1-4,6,9H2/t17-,19-,21-;10-,12-,14-/m00/s1. The van der Waals surface area contributed by atoms with Gasteiger partial charge in [-0.3, -0.25) is 9.97 Å². The third kappa shape index (κ3) is 8.74. The second kappa shape index (κ2) is 15.7. The average molecular weight is 631 g/mol. The molecular weight excluding hydrogens is 584 g/mol. The van der Waals surface area contributed by atoms with Gasteiger partial charge in [-0.25, -0.2) is 4.79 Å². The fourth-order valence-corrected chi connectivity index (χ4v) is 6.25. The second-order valence-corrected chi connectivity index (χ2v) is 12.9. The summed E-state index contributed by atoms with van der Waals surface area (Å²) in [4.78, 5) is 22.5.